The lowest BCUT2D eigenvalue weighted by Gasteiger charge is -2.19. The first-order valence-corrected chi connectivity index (χ1v) is 7.17. The fourth-order valence-electron chi connectivity index (χ4n) is 2.21. The zero-order valence-electron chi connectivity index (χ0n) is 12.7. The van der Waals surface area contributed by atoms with Crippen LogP contribution in [-0.2, 0) is 5.60 Å². The van der Waals surface area contributed by atoms with Gasteiger partial charge in [0.05, 0.1) is 19.0 Å². The molecule has 0 aliphatic heterocycles. The Morgan fingerprint density at radius 2 is 2.09 bits per heavy atom. The van der Waals surface area contributed by atoms with Crippen molar-refractivity contribution in [2.24, 2.45) is 0 Å². The van der Waals surface area contributed by atoms with Gasteiger partial charge in [-0.3, -0.25) is 0 Å². The Kier molecular flexibility index (Phi) is 3.69. The van der Waals surface area contributed by atoms with E-state index in [-0.39, 0.29) is 5.15 Å². The van der Waals surface area contributed by atoms with Crippen molar-refractivity contribution in [1.29, 1.82) is 0 Å². The van der Waals surface area contributed by atoms with Crippen LogP contribution in [0.1, 0.15) is 19.5 Å². The molecule has 0 radical (unpaired) electrons. The number of ether oxygens (including phenoxy) is 1. The Balaban J connectivity index is 2.25. The van der Waals surface area contributed by atoms with Crippen molar-refractivity contribution in [2.45, 2.75) is 19.4 Å². The number of fused-ring (bicyclic) bond motifs is 1. The van der Waals surface area contributed by atoms with Crippen LogP contribution in [0.25, 0.3) is 17.0 Å². The van der Waals surface area contributed by atoms with E-state index in [9.17, 15) is 9.50 Å². The summed E-state index contributed by atoms with van der Waals surface area (Å²) in [5, 5.41) is 14.5. The van der Waals surface area contributed by atoms with E-state index in [0.717, 1.165) is 0 Å². The van der Waals surface area contributed by atoms with Crippen LogP contribution in [0.2, 0.25) is 5.15 Å². The highest BCUT2D eigenvalue weighted by atomic mass is 35.5. The number of hydrogen-bond acceptors (Lipinski definition) is 5. The number of imidazole rings is 1. The first-order chi connectivity index (χ1) is 10.8. The van der Waals surface area contributed by atoms with E-state index in [0.29, 0.717) is 28.5 Å². The van der Waals surface area contributed by atoms with Gasteiger partial charge in [0.25, 0.3) is 0 Å². The highest BCUT2D eigenvalue weighted by Gasteiger charge is 2.25. The van der Waals surface area contributed by atoms with Gasteiger partial charge >= 0.3 is 0 Å². The first-order valence-electron chi connectivity index (χ1n) is 6.79. The van der Waals surface area contributed by atoms with Crippen LogP contribution < -0.4 is 4.74 Å². The molecule has 8 heteroatoms. The van der Waals surface area contributed by atoms with Crippen LogP contribution in [-0.4, -0.2) is 31.8 Å². The quantitative estimate of drug-likeness (QED) is 0.745. The number of hydrogen-bond donors (Lipinski definition) is 1. The van der Waals surface area contributed by atoms with E-state index in [1.807, 2.05) is 0 Å². The maximum absolute atomic E-state index is 13.3. The normalized spacial score (nSPS) is 11.9. The molecule has 0 unspecified atom stereocenters. The van der Waals surface area contributed by atoms with Crippen molar-refractivity contribution in [3.8, 4) is 17.1 Å². The van der Waals surface area contributed by atoms with Crippen molar-refractivity contribution in [3.05, 3.63) is 41.1 Å². The zero-order chi connectivity index (χ0) is 16.8. The maximum atomic E-state index is 13.3. The molecule has 23 heavy (non-hydrogen) atoms. The number of nitrogens with zero attached hydrogens (tertiary/aromatic N) is 4. The highest BCUT2D eigenvalue weighted by molar-refractivity contribution is 6.29. The maximum Gasteiger partial charge on any atom is 0.165 e. The van der Waals surface area contributed by atoms with Crippen LogP contribution in [0.15, 0.2) is 24.4 Å². The first kappa shape index (κ1) is 15.6. The van der Waals surface area contributed by atoms with Gasteiger partial charge in [-0.1, -0.05) is 11.6 Å². The largest absolute Gasteiger partial charge is 0.495 e. The molecule has 0 aliphatic rings. The summed E-state index contributed by atoms with van der Waals surface area (Å²) in [5.74, 6) is -0.178. The second-order valence-corrected chi connectivity index (χ2v) is 5.86. The van der Waals surface area contributed by atoms with Gasteiger partial charge in [0, 0.05) is 6.07 Å². The molecule has 6 nitrogen and oxygen atoms in total. The summed E-state index contributed by atoms with van der Waals surface area (Å²) in [4.78, 5) is 8.24. The van der Waals surface area contributed by atoms with Gasteiger partial charge in [0.15, 0.2) is 16.6 Å². The van der Waals surface area contributed by atoms with Gasteiger partial charge in [-0.2, -0.15) is 5.10 Å². The number of halogens is 2. The minimum Gasteiger partial charge on any atom is -0.495 e. The second kappa shape index (κ2) is 5.43. The summed E-state index contributed by atoms with van der Waals surface area (Å²) in [6.45, 7) is 3.21. The molecule has 3 aromatic heterocycles. The minimum atomic E-state index is -1.21. The summed E-state index contributed by atoms with van der Waals surface area (Å²) in [6, 6.07) is 4.37. The van der Waals surface area contributed by atoms with Gasteiger partial charge in [-0.15, -0.1) is 0 Å². The van der Waals surface area contributed by atoms with E-state index in [4.69, 9.17) is 16.3 Å². The Morgan fingerprint density at radius 3 is 2.70 bits per heavy atom. The van der Waals surface area contributed by atoms with Gasteiger partial charge in [-0.25, -0.2) is 18.9 Å². The lowest BCUT2D eigenvalue weighted by Crippen LogP contribution is -2.20. The fraction of sp³-hybridized carbons (Fsp3) is 0.267. The Labute approximate surface area is 136 Å². The third-order valence-corrected chi connectivity index (χ3v) is 3.59. The van der Waals surface area contributed by atoms with Gasteiger partial charge in [0.1, 0.15) is 22.7 Å². The fourth-order valence-corrected chi connectivity index (χ4v) is 2.37. The minimum absolute atomic E-state index is 0.228. The van der Waals surface area contributed by atoms with Crippen molar-refractivity contribution in [2.75, 3.05) is 7.11 Å². The number of methoxy groups -OCH3 is 1. The average molecular weight is 337 g/mol. The van der Waals surface area contributed by atoms with E-state index >= 15 is 0 Å². The van der Waals surface area contributed by atoms with Crippen molar-refractivity contribution >= 4 is 17.2 Å². The van der Waals surface area contributed by atoms with Crippen LogP contribution >= 0.6 is 11.6 Å². The predicted molar refractivity (Wildman–Crippen MR) is 83.0 cm³/mol. The summed E-state index contributed by atoms with van der Waals surface area (Å²) in [6.07, 6.45) is 1.55. The molecular weight excluding hydrogens is 323 g/mol. The summed E-state index contributed by atoms with van der Waals surface area (Å²) in [5.41, 5.74) is 0.583. The smallest absolute Gasteiger partial charge is 0.165 e. The molecule has 0 saturated heterocycles. The molecule has 3 aromatic rings. The molecule has 0 fully saturated rings. The van der Waals surface area contributed by atoms with Crippen molar-refractivity contribution in [1.82, 2.24) is 19.6 Å². The van der Waals surface area contributed by atoms with Crippen LogP contribution in [0.5, 0.6) is 5.75 Å². The third-order valence-electron chi connectivity index (χ3n) is 3.32. The molecule has 0 amide bonds. The number of aromatic nitrogens is 4. The summed E-state index contributed by atoms with van der Waals surface area (Å²) >= 11 is 5.74. The summed E-state index contributed by atoms with van der Waals surface area (Å²) in [7, 11) is 1.49. The van der Waals surface area contributed by atoms with Gasteiger partial charge in [0.2, 0.25) is 0 Å². The predicted octanol–water partition coefficient (Wildman–Crippen LogP) is 2.82. The van der Waals surface area contributed by atoms with E-state index in [1.54, 1.807) is 26.1 Å². The van der Waals surface area contributed by atoms with E-state index in [1.165, 1.54) is 23.8 Å². The molecule has 3 rings (SSSR count). The molecule has 1 N–H and O–H groups in total. The van der Waals surface area contributed by atoms with E-state index < -0.39 is 11.4 Å². The highest BCUT2D eigenvalue weighted by Crippen LogP contribution is 2.30. The molecule has 0 aliphatic carbocycles. The molecule has 3 heterocycles. The van der Waals surface area contributed by atoms with Crippen molar-refractivity contribution < 1.29 is 14.2 Å². The van der Waals surface area contributed by atoms with Crippen LogP contribution in [0, 0.1) is 5.82 Å². The topological polar surface area (TPSA) is 72.5 Å². The molecule has 0 atom stereocenters. The number of pyridine rings is 1. The van der Waals surface area contributed by atoms with Gasteiger partial charge < -0.3 is 9.84 Å². The molecule has 0 saturated carbocycles. The zero-order valence-corrected chi connectivity index (χ0v) is 13.5. The molecular formula is C15H14ClFN4O2. The monoisotopic (exact) mass is 336 g/mol. The molecule has 0 spiro atoms. The number of aliphatic hydroxyl groups is 1. The lowest BCUT2D eigenvalue weighted by atomic mass is 10.0. The lowest BCUT2D eigenvalue weighted by molar-refractivity contribution is 0.0694. The average Bonchev–Trinajstić information content (AvgIpc) is 2.90. The van der Waals surface area contributed by atoms with Gasteiger partial charge in [-0.05, 0) is 26.0 Å². The molecule has 0 aromatic carbocycles. The molecule has 120 valence electrons. The third kappa shape index (κ3) is 2.73. The van der Waals surface area contributed by atoms with Crippen LogP contribution in [0.3, 0.4) is 0 Å². The Hall–Kier alpha value is -2.25. The van der Waals surface area contributed by atoms with E-state index in [2.05, 4.69) is 15.1 Å². The Morgan fingerprint density at radius 1 is 1.35 bits per heavy atom. The second-order valence-electron chi connectivity index (χ2n) is 5.50. The SMILES string of the molecule is COc1cc2ncc(-c3ccc(F)c(Cl)n3)n2nc1C(C)(C)O. The van der Waals surface area contributed by atoms with Crippen LogP contribution in [0.4, 0.5) is 4.39 Å². The van der Waals surface area contributed by atoms with Crippen molar-refractivity contribution in [3.63, 3.8) is 0 Å². The number of rotatable bonds is 3. The Bertz CT molecular complexity index is 889. The molecule has 0 bridgehead atoms. The summed E-state index contributed by atoms with van der Waals surface area (Å²) < 4.78 is 20.1. The standard InChI is InChI=1S/C15H14ClFN4O2/c1-15(2,22)13-11(23-3)6-12-18-7-10(21(12)20-13)9-5-4-8(17)14(16)19-9/h4-7,22H,1-3H3.